The molecule has 2 aliphatic heterocycles. The molecule has 3 heterocycles. The Morgan fingerprint density at radius 1 is 0.611 bits per heavy atom. The number of likely N-dealkylation sites (tertiary alicyclic amines) is 2. The van der Waals surface area contributed by atoms with E-state index in [0.29, 0.717) is 37.2 Å². The van der Waals surface area contributed by atoms with E-state index >= 15 is 0 Å². The fourth-order valence-corrected chi connectivity index (χ4v) is 8.01. The maximum Gasteiger partial charge on any atom is 0.319 e. The Balaban J connectivity index is 0.00000650. The number of pyridine rings is 1. The van der Waals surface area contributed by atoms with E-state index in [1.54, 1.807) is 39.7 Å². The molecule has 0 bridgehead atoms. The van der Waals surface area contributed by atoms with E-state index in [4.69, 9.17) is 0 Å². The van der Waals surface area contributed by atoms with Crippen molar-refractivity contribution in [2.75, 3.05) is 39.3 Å². The SMILES string of the molecule is CC(C)[C@@H](C(=O)N1CCCC1)N(CCCc1ccccc1)C(=O)c1ccc(C(=O)N(CCCc2ccccc2)[C@H](C(=O)N2CCCC2)C(C)C)[n+](C)c1.[I-]. The minimum absolute atomic E-state index is 0. The number of aromatic nitrogens is 1. The monoisotopic (exact) mass is 849 g/mol. The summed E-state index contributed by atoms with van der Waals surface area (Å²) in [5.74, 6) is -0.592. The molecule has 2 aromatic carbocycles. The predicted molar refractivity (Wildman–Crippen MR) is 208 cm³/mol. The average Bonchev–Trinajstić information content (AvgIpc) is 3.90. The van der Waals surface area contributed by atoms with Crippen LogP contribution < -0.4 is 28.5 Å². The Hall–Kier alpha value is -3.80. The molecule has 0 aliphatic carbocycles. The molecule has 9 nitrogen and oxygen atoms in total. The molecule has 5 rings (SSSR count). The summed E-state index contributed by atoms with van der Waals surface area (Å²) in [7, 11) is 1.79. The zero-order valence-electron chi connectivity index (χ0n) is 33.0. The lowest BCUT2D eigenvalue weighted by Crippen LogP contribution is -3.00. The molecule has 2 aliphatic rings. The second-order valence-corrected chi connectivity index (χ2v) is 15.5. The van der Waals surface area contributed by atoms with Crippen molar-refractivity contribution in [3.8, 4) is 0 Å². The summed E-state index contributed by atoms with van der Waals surface area (Å²) in [4.78, 5) is 64.4. The quantitative estimate of drug-likeness (QED) is 0.164. The van der Waals surface area contributed by atoms with Crippen molar-refractivity contribution in [3.05, 3.63) is 101 Å². The number of aryl methyl sites for hydroxylation is 3. The van der Waals surface area contributed by atoms with Crippen LogP contribution in [0, 0.1) is 11.8 Å². The third kappa shape index (κ3) is 10.9. The van der Waals surface area contributed by atoms with Crippen LogP contribution in [0.3, 0.4) is 0 Å². The second kappa shape index (κ2) is 20.8. The van der Waals surface area contributed by atoms with Crippen molar-refractivity contribution in [3.63, 3.8) is 0 Å². The maximum atomic E-state index is 14.6. The molecular weight excluding hydrogens is 789 g/mol. The third-order valence-electron chi connectivity index (χ3n) is 10.8. The molecule has 0 unspecified atom stereocenters. The number of nitrogens with zero attached hydrogens (tertiary/aromatic N) is 5. The maximum absolute atomic E-state index is 14.6. The van der Waals surface area contributed by atoms with Gasteiger partial charge in [-0.25, -0.2) is 0 Å². The van der Waals surface area contributed by atoms with Crippen LogP contribution in [0.2, 0.25) is 0 Å². The van der Waals surface area contributed by atoms with Gasteiger partial charge in [0.25, 0.3) is 11.6 Å². The van der Waals surface area contributed by atoms with Gasteiger partial charge < -0.3 is 43.6 Å². The van der Waals surface area contributed by atoms with E-state index < -0.39 is 12.1 Å². The van der Waals surface area contributed by atoms with E-state index in [2.05, 4.69) is 24.3 Å². The Kier molecular flexibility index (Phi) is 16.5. The molecule has 2 saturated heterocycles. The number of hydrogen-bond donors (Lipinski definition) is 0. The molecule has 2 fully saturated rings. The highest BCUT2D eigenvalue weighted by Crippen LogP contribution is 2.23. The highest BCUT2D eigenvalue weighted by molar-refractivity contribution is 5.99. The summed E-state index contributed by atoms with van der Waals surface area (Å²) >= 11 is 0. The number of rotatable bonds is 16. The number of halogens is 1. The third-order valence-corrected chi connectivity index (χ3v) is 10.8. The smallest absolute Gasteiger partial charge is 0.319 e. The first-order valence-electron chi connectivity index (χ1n) is 19.8. The van der Waals surface area contributed by atoms with Crippen LogP contribution in [0.25, 0.3) is 0 Å². The molecule has 10 heteroatoms. The first-order chi connectivity index (χ1) is 25.6. The van der Waals surface area contributed by atoms with Crippen LogP contribution in [-0.2, 0) is 29.5 Å². The summed E-state index contributed by atoms with van der Waals surface area (Å²) in [5, 5.41) is 0. The van der Waals surface area contributed by atoms with Crippen LogP contribution in [0.1, 0.15) is 98.2 Å². The molecule has 54 heavy (non-hydrogen) atoms. The van der Waals surface area contributed by atoms with Gasteiger partial charge in [-0.1, -0.05) is 88.4 Å². The molecule has 3 aromatic rings. The van der Waals surface area contributed by atoms with Gasteiger partial charge in [0.15, 0.2) is 6.20 Å². The minimum Gasteiger partial charge on any atom is -1.00 e. The van der Waals surface area contributed by atoms with Gasteiger partial charge in [0.1, 0.15) is 24.7 Å². The Labute approximate surface area is 340 Å². The lowest BCUT2D eigenvalue weighted by atomic mass is 9.98. The van der Waals surface area contributed by atoms with Gasteiger partial charge in [-0.3, -0.25) is 19.2 Å². The fourth-order valence-electron chi connectivity index (χ4n) is 8.01. The molecular formula is C44H60IN5O4. The van der Waals surface area contributed by atoms with Crippen LogP contribution in [-0.4, -0.2) is 94.6 Å². The highest BCUT2D eigenvalue weighted by Gasteiger charge is 2.40. The predicted octanol–water partition coefficient (Wildman–Crippen LogP) is 2.96. The fraction of sp³-hybridized carbons (Fsp3) is 0.523. The molecule has 1 aromatic heterocycles. The second-order valence-electron chi connectivity index (χ2n) is 15.5. The Morgan fingerprint density at radius 2 is 1.02 bits per heavy atom. The van der Waals surface area contributed by atoms with Crippen LogP contribution in [0.5, 0.6) is 0 Å². The van der Waals surface area contributed by atoms with Crippen molar-refractivity contribution in [2.24, 2.45) is 18.9 Å². The van der Waals surface area contributed by atoms with E-state index in [1.807, 2.05) is 73.9 Å². The molecule has 0 saturated carbocycles. The van der Waals surface area contributed by atoms with E-state index in [-0.39, 0.29) is 59.4 Å². The van der Waals surface area contributed by atoms with Crippen molar-refractivity contribution in [1.82, 2.24) is 19.6 Å². The van der Waals surface area contributed by atoms with Gasteiger partial charge in [-0.2, -0.15) is 4.57 Å². The number of carbonyl (C=O) groups excluding carboxylic acids is 4. The number of amides is 4. The van der Waals surface area contributed by atoms with Gasteiger partial charge in [-0.15, -0.1) is 0 Å². The van der Waals surface area contributed by atoms with Crippen molar-refractivity contribution >= 4 is 23.6 Å². The molecule has 4 amide bonds. The lowest BCUT2D eigenvalue weighted by Gasteiger charge is -2.36. The van der Waals surface area contributed by atoms with Crippen molar-refractivity contribution in [1.29, 1.82) is 0 Å². The zero-order valence-corrected chi connectivity index (χ0v) is 35.1. The zero-order chi connectivity index (χ0) is 37.9. The van der Waals surface area contributed by atoms with E-state index in [0.717, 1.165) is 64.7 Å². The normalized spacial score (nSPS) is 15.2. The van der Waals surface area contributed by atoms with Crippen molar-refractivity contribution < 1.29 is 47.7 Å². The molecule has 0 radical (unpaired) electrons. The number of carbonyl (C=O) groups is 4. The van der Waals surface area contributed by atoms with Gasteiger partial charge in [0, 0.05) is 45.3 Å². The lowest BCUT2D eigenvalue weighted by molar-refractivity contribution is -0.673. The molecule has 0 N–H and O–H groups in total. The Morgan fingerprint density at radius 3 is 1.41 bits per heavy atom. The summed E-state index contributed by atoms with van der Waals surface area (Å²) < 4.78 is 1.71. The average molecular weight is 850 g/mol. The number of hydrogen-bond acceptors (Lipinski definition) is 4. The minimum atomic E-state index is -0.596. The highest BCUT2D eigenvalue weighted by atomic mass is 127. The summed E-state index contributed by atoms with van der Waals surface area (Å²) in [5.41, 5.74) is 3.21. The van der Waals surface area contributed by atoms with Crippen LogP contribution in [0.15, 0.2) is 79.0 Å². The van der Waals surface area contributed by atoms with E-state index in [9.17, 15) is 19.2 Å². The summed E-state index contributed by atoms with van der Waals surface area (Å²) in [6, 6.07) is 22.7. The van der Waals surface area contributed by atoms with Gasteiger partial charge in [0.05, 0.1) is 0 Å². The first kappa shape index (κ1) is 42.9. The summed E-state index contributed by atoms with van der Waals surface area (Å²) in [6.45, 7) is 11.8. The van der Waals surface area contributed by atoms with Gasteiger partial charge in [0.2, 0.25) is 11.8 Å². The standard InChI is InChI=1S/C44H60N5O4.HI/c1-33(2)39(43(52)46-26-12-13-27-46)48(30-16-22-35-18-8-6-9-19-35)41(50)37-24-25-38(45(5)32-37)42(51)49(31-17-23-36-20-10-7-11-21-36)40(34(3)4)44(53)47-28-14-15-29-47;/h6-11,18-21,24-25,32-34,39-40H,12-17,22-23,26-31H2,1-5H3;1H/q+1;/p-1/t39-,40-;/m0./s1. The summed E-state index contributed by atoms with van der Waals surface area (Å²) in [6.07, 6.45) is 8.65. The van der Waals surface area contributed by atoms with Crippen LogP contribution >= 0.6 is 0 Å². The molecule has 292 valence electrons. The number of benzene rings is 2. The van der Waals surface area contributed by atoms with E-state index in [1.165, 1.54) is 11.1 Å². The van der Waals surface area contributed by atoms with Crippen molar-refractivity contribution in [2.45, 2.75) is 91.1 Å². The van der Waals surface area contributed by atoms with Crippen LogP contribution in [0.4, 0.5) is 0 Å². The first-order valence-corrected chi connectivity index (χ1v) is 19.8. The van der Waals surface area contributed by atoms with Gasteiger partial charge >= 0.3 is 5.91 Å². The topological polar surface area (TPSA) is 85.1 Å². The molecule has 0 spiro atoms. The Bertz CT molecular complexity index is 1670. The van der Waals surface area contributed by atoms with Gasteiger partial charge in [-0.05, 0) is 80.4 Å². The molecule has 2 atom stereocenters. The largest absolute Gasteiger partial charge is 1.00 e.